The minimum Gasteiger partial charge on any atom is -0.493 e. The Hall–Kier alpha value is -3.22. The summed E-state index contributed by atoms with van der Waals surface area (Å²) < 4.78 is 6.19. The zero-order valence-electron chi connectivity index (χ0n) is 20.2. The Bertz CT molecular complexity index is 1230. The Kier molecular flexibility index (Phi) is 6.11. The molecule has 1 saturated carbocycles. The first-order chi connectivity index (χ1) is 16.9. The molecule has 6 nitrogen and oxygen atoms in total. The lowest BCUT2D eigenvalue weighted by atomic mass is 9.55. The number of nitrogens with one attached hydrogen (secondary N) is 1. The van der Waals surface area contributed by atoms with Gasteiger partial charge in [0.15, 0.2) is 0 Å². The zero-order chi connectivity index (χ0) is 24.6. The van der Waals surface area contributed by atoms with Crippen molar-refractivity contribution in [3.05, 3.63) is 89.2 Å². The van der Waals surface area contributed by atoms with Crippen molar-refractivity contribution in [2.45, 2.75) is 56.7 Å². The molecule has 6 heteroatoms. The van der Waals surface area contributed by atoms with Gasteiger partial charge in [0.1, 0.15) is 11.4 Å². The summed E-state index contributed by atoms with van der Waals surface area (Å²) in [5.74, 6) is 0.586. The maximum atomic E-state index is 13.0. The first-order valence-electron chi connectivity index (χ1n) is 12.3. The largest absolute Gasteiger partial charge is 0.493 e. The number of carbonyl (C=O) groups is 1. The number of aliphatic hydroxyl groups is 2. The molecule has 1 aliphatic carbocycles. The molecule has 182 valence electrons. The average Bonchev–Trinajstić information content (AvgIpc) is 3.02. The molecule has 4 atom stereocenters. The van der Waals surface area contributed by atoms with Crippen LogP contribution < -0.4 is 10.1 Å². The molecule has 0 bridgehead atoms. The third kappa shape index (κ3) is 4.01. The molecule has 1 aliphatic heterocycles. The molecule has 2 heterocycles. The number of pyridine rings is 1. The Morgan fingerprint density at radius 1 is 1.14 bits per heavy atom. The highest BCUT2D eigenvalue weighted by atomic mass is 16.5. The number of nitrogens with zero attached hydrogens (tertiary/aromatic N) is 1. The van der Waals surface area contributed by atoms with Gasteiger partial charge in [0.25, 0.3) is 5.91 Å². The van der Waals surface area contributed by atoms with Crippen molar-refractivity contribution in [1.82, 2.24) is 4.98 Å². The van der Waals surface area contributed by atoms with Crippen LogP contribution in [0, 0.1) is 12.8 Å². The van der Waals surface area contributed by atoms with Crippen molar-refractivity contribution < 1.29 is 19.7 Å². The van der Waals surface area contributed by atoms with Crippen LogP contribution in [0.3, 0.4) is 0 Å². The number of anilines is 1. The van der Waals surface area contributed by atoms with E-state index in [2.05, 4.69) is 17.2 Å². The van der Waals surface area contributed by atoms with Crippen LogP contribution in [0.5, 0.6) is 5.75 Å². The van der Waals surface area contributed by atoms with E-state index >= 15 is 0 Å². The maximum Gasteiger partial charge on any atom is 0.255 e. The minimum absolute atomic E-state index is 0.125. The van der Waals surface area contributed by atoms with Crippen LogP contribution in [-0.4, -0.2) is 33.8 Å². The summed E-state index contributed by atoms with van der Waals surface area (Å²) in [5, 5.41) is 25.9. The van der Waals surface area contributed by atoms with Crippen LogP contribution in [0.1, 0.15) is 59.8 Å². The first-order valence-corrected chi connectivity index (χ1v) is 12.3. The Balaban J connectivity index is 1.48. The molecule has 0 saturated heterocycles. The van der Waals surface area contributed by atoms with Gasteiger partial charge in [0.2, 0.25) is 0 Å². The summed E-state index contributed by atoms with van der Waals surface area (Å²) in [6.07, 6.45) is 3.23. The molecule has 1 aromatic heterocycles. The Labute approximate surface area is 206 Å². The van der Waals surface area contributed by atoms with Gasteiger partial charge in [-0.3, -0.25) is 9.78 Å². The normalized spacial score (nSPS) is 27.7. The first kappa shape index (κ1) is 23.5. The van der Waals surface area contributed by atoms with E-state index in [1.54, 1.807) is 18.3 Å². The summed E-state index contributed by atoms with van der Waals surface area (Å²) in [5.41, 5.74) is 2.05. The van der Waals surface area contributed by atoms with E-state index in [0.717, 1.165) is 29.7 Å². The van der Waals surface area contributed by atoms with Crippen molar-refractivity contribution in [2.24, 2.45) is 5.92 Å². The van der Waals surface area contributed by atoms with Crippen LogP contribution in [0.15, 0.2) is 66.9 Å². The van der Waals surface area contributed by atoms with Crippen molar-refractivity contribution in [1.29, 1.82) is 0 Å². The smallest absolute Gasteiger partial charge is 0.255 e. The number of aryl methyl sites for hydroxylation is 1. The van der Waals surface area contributed by atoms with E-state index in [-0.39, 0.29) is 17.2 Å². The molecule has 3 aromatic rings. The fourth-order valence-corrected chi connectivity index (χ4v) is 6.07. The number of aromatic nitrogens is 1. The molecule has 0 spiro atoms. The van der Waals surface area contributed by atoms with Gasteiger partial charge >= 0.3 is 0 Å². The van der Waals surface area contributed by atoms with Crippen LogP contribution in [-0.2, 0) is 11.0 Å². The predicted molar refractivity (Wildman–Crippen MR) is 135 cm³/mol. The summed E-state index contributed by atoms with van der Waals surface area (Å²) in [6.45, 7) is 4.48. The van der Waals surface area contributed by atoms with Crippen molar-refractivity contribution in [3.8, 4) is 5.75 Å². The molecular formula is C29H32N2O4. The van der Waals surface area contributed by atoms with Gasteiger partial charge in [0.05, 0.1) is 24.1 Å². The number of ether oxygens (including phenoxy) is 1. The van der Waals surface area contributed by atoms with Crippen molar-refractivity contribution in [2.75, 3.05) is 11.9 Å². The highest BCUT2D eigenvalue weighted by Crippen LogP contribution is 2.56. The number of amides is 1. The Morgan fingerprint density at radius 3 is 2.69 bits per heavy atom. The quantitative estimate of drug-likeness (QED) is 0.511. The van der Waals surface area contributed by atoms with Crippen LogP contribution in [0.25, 0.3) is 0 Å². The van der Waals surface area contributed by atoms with E-state index in [9.17, 15) is 15.0 Å². The van der Waals surface area contributed by atoms with Crippen LogP contribution in [0.2, 0.25) is 0 Å². The number of hydrogen-bond acceptors (Lipinski definition) is 5. The lowest BCUT2D eigenvalue weighted by Gasteiger charge is -2.52. The molecule has 2 aromatic carbocycles. The predicted octanol–water partition coefficient (Wildman–Crippen LogP) is 4.73. The van der Waals surface area contributed by atoms with Crippen LogP contribution in [0.4, 0.5) is 5.69 Å². The summed E-state index contributed by atoms with van der Waals surface area (Å²) in [7, 11) is 0. The van der Waals surface area contributed by atoms with E-state index in [4.69, 9.17) is 4.74 Å². The van der Waals surface area contributed by atoms with Gasteiger partial charge in [-0.05, 0) is 68.4 Å². The fraction of sp³-hybridized carbons (Fsp3) is 0.379. The van der Waals surface area contributed by atoms with Gasteiger partial charge in [-0.25, -0.2) is 0 Å². The second-order valence-electron chi connectivity index (χ2n) is 9.86. The highest BCUT2D eigenvalue weighted by molar-refractivity contribution is 6.04. The summed E-state index contributed by atoms with van der Waals surface area (Å²) in [4.78, 5) is 17.2. The van der Waals surface area contributed by atoms with Gasteiger partial charge in [0, 0.05) is 22.7 Å². The second-order valence-corrected chi connectivity index (χ2v) is 9.86. The molecule has 1 amide bonds. The third-order valence-corrected chi connectivity index (χ3v) is 8.11. The summed E-state index contributed by atoms with van der Waals surface area (Å²) >= 11 is 0. The lowest BCUT2D eigenvalue weighted by Crippen LogP contribution is -2.54. The topological polar surface area (TPSA) is 91.7 Å². The van der Waals surface area contributed by atoms with E-state index < -0.39 is 11.7 Å². The minimum atomic E-state index is -1.30. The van der Waals surface area contributed by atoms with Crippen molar-refractivity contribution >= 4 is 11.6 Å². The van der Waals surface area contributed by atoms with E-state index in [1.807, 2.05) is 55.5 Å². The Morgan fingerprint density at radius 2 is 1.94 bits per heavy atom. The standard InChI is InChI=1S/C29H32N2O4/c1-3-28-18-26(32)29(34,21-8-5-4-6-9-21)17-22(28)13-15-35-25-16-20(11-12-23(25)28)27(33)31-24-10-7-14-30-19(24)2/h4-12,14,16,22,26,32,34H,3,13,15,17-18H2,1-2H3,(H,31,33)/t22-,26+,28+,29+/m0/s1. The number of benzene rings is 2. The molecule has 0 unspecified atom stereocenters. The number of carbonyl (C=O) groups excluding carboxylic acids is 1. The SMILES string of the molecule is CC[C@@]12C[C@@H](O)[C@](O)(c3ccccc3)C[C@@H]1CCOc1cc(C(=O)Nc3cccnc3C)ccc12. The maximum absolute atomic E-state index is 13.0. The molecule has 0 radical (unpaired) electrons. The van der Waals surface area contributed by atoms with Crippen molar-refractivity contribution in [3.63, 3.8) is 0 Å². The van der Waals surface area contributed by atoms with Gasteiger partial charge in [-0.2, -0.15) is 0 Å². The number of hydrogen-bond donors (Lipinski definition) is 3. The molecule has 35 heavy (non-hydrogen) atoms. The summed E-state index contributed by atoms with van der Waals surface area (Å²) in [6, 6.07) is 18.7. The second kappa shape index (κ2) is 9.10. The highest BCUT2D eigenvalue weighted by Gasteiger charge is 2.55. The fourth-order valence-electron chi connectivity index (χ4n) is 6.07. The number of fused-ring (bicyclic) bond motifs is 3. The monoisotopic (exact) mass is 472 g/mol. The number of aliphatic hydroxyl groups excluding tert-OH is 1. The molecule has 1 fully saturated rings. The van der Waals surface area contributed by atoms with Gasteiger partial charge in [-0.1, -0.05) is 43.3 Å². The van der Waals surface area contributed by atoms with Gasteiger partial charge in [-0.15, -0.1) is 0 Å². The molecule has 3 N–H and O–H groups in total. The zero-order valence-corrected chi connectivity index (χ0v) is 20.2. The van der Waals surface area contributed by atoms with E-state index in [0.29, 0.717) is 36.4 Å². The third-order valence-electron chi connectivity index (χ3n) is 8.11. The van der Waals surface area contributed by atoms with Crippen LogP contribution >= 0.6 is 0 Å². The average molecular weight is 473 g/mol. The molecule has 5 rings (SSSR count). The number of rotatable bonds is 4. The molecular weight excluding hydrogens is 440 g/mol. The van der Waals surface area contributed by atoms with Gasteiger partial charge < -0.3 is 20.3 Å². The lowest BCUT2D eigenvalue weighted by molar-refractivity contribution is -0.144. The van der Waals surface area contributed by atoms with E-state index in [1.165, 1.54) is 0 Å². The molecule has 2 aliphatic rings.